The van der Waals surface area contributed by atoms with E-state index in [0.717, 1.165) is 18.6 Å². The molecule has 0 heterocycles. The normalized spacial score (nSPS) is 15.2. The van der Waals surface area contributed by atoms with Crippen LogP contribution in [-0.4, -0.2) is 31.0 Å². The van der Waals surface area contributed by atoms with E-state index in [0.29, 0.717) is 11.7 Å². The maximum Gasteiger partial charge on any atom is 0.257 e. The van der Waals surface area contributed by atoms with Crippen molar-refractivity contribution in [2.45, 2.75) is 45.1 Å². The van der Waals surface area contributed by atoms with Gasteiger partial charge in [0.1, 0.15) is 5.75 Å². The van der Waals surface area contributed by atoms with E-state index >= 15 is 0 Å². The smallest absolute Gasteiger partial charge is 0.257 e. The maximum atomic E-state index is 12.2. The molecule has 0 aromatic heterocycles. The molecular weight excluding hydrogens is 238 g/mol. The number of carbonyl (C=O) groups is 1. The number of nitrogens with zero attached hydrogens (tertiary/aromatic N) is 1. The van der Waals surface area contributed by atoms with Crippen molar-refractivity contribution in [1.29, 1.82) is 0 Å². The molecule has 0 aliphatic heterocycles. The van der Waals surface area contributed by atoms with Crippen LogP contribution in [0.3, 0.4) is 0 Å². The number of rotatable bonds is 3. The lowest BCUT2D eigenvalue weighted by Gasteiger charge is -2.22. The standard InChI is InChI=1S/C16H23NO2/c1-16(2,3)11-6-9-13(15(18)17(4)5)14(10-11)19-12-7-8-12/h6,9-10,12H,7-8H2,1-5H3. The van der Waals surface area contributed by atoms with Crippen molar-refractivity contribution < 1.29 is 9.53 Å². The second-order valence-electron chi connectivity index (χ2n) is 6.48. The first-order valence-corrected chi connectivity index (χ1v) is 6.82. The van der Waals surface area contributed by atoms with E-state index in [1.165, 1.54) is 5.56 Å². The second kappa shape index (κ2) is 4.87. The monoisotopic (exact) mass is 261 g/mol. The Kier molecular flexibility index (Phi) is 3.57. The zero-order valence-corrected chi connectivity index (χ0v) is 12.5. The van der Waals surface area contributed by atoms with Crippen molar-refractivity contribution in [3.05, 3.63) is 29.3 Å². The van der Waals surface area contributed by atoms with Gasteiger partial charge >= 0.3 is 0 Å². The van der Waals surface area contributed by atoms with Gasteiger partial charge in [0.2, 0.25) is 0 Å². The first-order chi connectivity index (χ1) is 8.79. The van der Waals surface area contributed by atoms with E-state index in [9.17, 15) is 4.79 Å². The van der Waals surface area contributed by atoms with Crippen LogP contribution >= 0.6 is 0 Å². The molecule has 0 bridgehead atoms. The Labute approximate surface area is 115 Å². The zero-order valence-electron chi connectivity index (χ0n) is 12.5. The Morgan fingerprint density at radius 1 is 1.26 bits per heavy atom. The minimum absolute atomic E-state index is 0.00360. The molecule has 1 fully saturated rings. The lowest BCUT2D eigenvalue weighted by atomic mass is 9.86. The average Bonchev–Trinajstić information content (AvgIpc) is 3.10. The van der Waals surface area contributed by atoms with Crippen LogP contribution < -0.4 is 4.74 Å². The Morgan fingerprint density at radius 2 is 1.89 bits per heavy atom. The fourth-order valence-corrected chi connectivity index (χ4v) is 1.87. The molecule has 104 valence electrons. The summed E-state index contributed by atoms with van der Waals surface area (Å²) in [7, 11) is 3.53. The van der Waals surface area contributed by atoms with Crippen molar-refractivity contribution in [2.24, 2.45) is 0 Å². The number of carbonyl (C=O) groups excluding carboxylic acids is 1. The first-order valence-electron chi connectivity index (χ1n) is 6.82. The fourth-order valence-electron chi connectivity index (χ4n) is 1.87. The van der Waals surface area contributed by atoms with Crippen LogP contribution in [0.15, 0.2) is 18.2 Å². The van der Waals surface area contributed by atoms with E-state index in [4.69, 9.17) is 4.74 Å². The lowest BCUT2D eigenvalue weighted by Crippen LogP contribution is -2.23. The lowest BCUT2D eigenvalue weighted by molar-refractivity contribution is 0.0822. The molecule has 0 N–H and O–H groups in total. The molecule has 0 unspecified atom stereocenters. The van der Waals surface area contributed by atoms with Gasteiger partial charge in [-0.3, -0.25) is 4.79 Å². The summed E-state index contributed by atoms with van der Waals surface area (Å²) >= 11 is 0. The highest BCUT2D eigenvalue weighted by Crippen LogP contribution is 2.33. The Bertz CT molecular complexity index is 482. The van der Waals surface area contributed by atoms with Crippen molar-refractivity contribution in [3.63, 3.8) is 0 Å². The Hall–Kier alpha value is -1.51. The van der Waals surface area contributed by atoms with Gasteiger partial charge < -0.3 is 9.64 Å². The molecule has 0 spiro atoms. The van der Waals surface area contributed by atoms with Crippen LogP contribution in [0.2, 0.25) is 0 Å². The average molecular weight is 261 g/mol. The van der Waals surface area contributed by atoms with Gasteiger partial charge in [-0.2, -0.15) is 0 Å². The highest BCUT2D eigenvalue weighted by atomic mass is 16.5. The van der Waals surface area contributed by atoms with Gasteiger partial charge in [-0.25, -0.2) is 0 Å². The van der Waals surface area contributed by atoms with Gasteiger partial charge in [0, 0.05) is 14.1 Å². The molecule has 1 amide bonds. The van der Waals surface area contributed by atoms with Gasteiger partial charge in [-0.15, -0.1) is 0 Å². The molecule has 1 aliphatic rings. The Balaban J connectivity index is 2.39. The number of ether oxygens (including phenoxy) is 1. The van der Waals surface area contributed by atoms with Crippen LogP contribution in [-0.2, 0) is 5.41 Å². The molecule has 1 aromatic rings. The molecule has 1 aromatic carbocycles. The predicted molar refractivity (Wildman–Crippen MR) is 76.8 cm³/mol. The number of hydrogen-bond donors (Lipinski definition) is 0. The highest BCUT2D eigenvalue weighted by Gasteiger charge is 2.27. The second-order valence-corrected chi connectivity index (χ2v) is 6.48. The summed E-state index contributed by atoms with van der Waals surface area (Å²) in [6, 6.07) is 5.94. The van der Waals surface area contributed by atoms with Crippen LogP contribution in [0.1, 0.15) is 49.5 Å². The van der Waals surface area contributed by atoms with E-state index in [2.05, 4.69) is 20.8 Å². The fraction of sp³-hybridized carbons (Fsp3) is 0.562. The maximum absolute atomic E-state index is 12.2. The van der Waals surface area contributed by atoms with Crippen LogP contribution in [0.25, 0.3) is 0 Å². The van der Waals surface area contributed by atoms with E-state index in [-0.39, 0.29) is 11.3 Å². The minimum Gasteiger partial charge on any atom is -0.490 e. The zero-order chi connectivity index (χ0) is 14.2. The molecule has 1 aliphatic carbocycles. The SMILES string of the molecule is CN(C)C(=O)c1ccc(C(C)(C)C)cc1OC1CC1. The third-order valence-electron chi connectivity index (χ3n) is 3.30. The predicted octanol–water partition coefficient (Wildman–Crippen LogP) is 3.23. The van der Waals surface area contributed by atoms with Gasteiger partial charge in [-0.1, -0.05) is 26.8 Å². The van der Waals surface area contributed by atoms with Gasteiger partial charge in [0.15, 0.2) is 0 Å². The number of hydrogen-bond acceptors (Lipinski definition) is 2. The summed E-state index contributed by atoms with van der Waals surface area (Å²) in [5.74, 6) is 0.727. The molecule has 19 heavy (non-hydrogen) atoms. The minimum atomic E-state index is -0.00360. The van der Waals surface area contributed by atoms with E-state index in [1.807, 2.05) is 18.2 Å². The molecule has 3 nitrogen and oxygen atoms in total. The van der Waals surface area contributed by atoms with Crippen molar-refractivity contribution in [1.82, 2.24) is 4.90 Å². The largest absolute Gasteiger partial charge is 0.490 e. The molecule has 0 radical (unpaired) electrons. The molecule has 3 heteroatoms. The Morgan fingerprint density at radius 3 is 2.37 bits per heavy atom. The van der Waals surface area contributed by atoms with Crippen LogP contribution in [0, 0.1) is 0 Å². The summed E-state index contributed by atoms with van der Waals surface area (Å²) in [4.78, 5) is 13.8. The summed E-state index contributed by atoms with van der Waals surface area (Å²) < 4.78 is 5.92. The van der Waals surface area contributed by atoms with Crippen LogP contribution in [0.4, 0.5) is 0 Å². The molecule has 2 rings (SSSR count). The molecular formula is C16H23NO2. The quantitative estimate of drug-likeness (QED) is 0.836. The molecule has 1 saturated carbocycles. The van der Waals surface area contributed by atoms with Crippen LogP contribution in [0.5, 0.6) is 5.75 Å². The summed E-state index contributed by atoms with van der Waals surface area (Å²) in [6.45, 7) is 6.49. The van der Waals surface area contributed by atoms with Crippen molar-refractivity contribution in [3.8, 4) is 5.75 Å². The third kappa shape index (κ3) is 3.28. The third-order valence-corrected chi connectivity index (χ3v) is 3.30. The first kappa shape index (κ1) is 13.9. The number of benzene rings is 1. The van der Waals surface area contributed by atoms with E-state index in [1.54, 1.807) is 19.0 Å². The van der Waals surface area contributed by atoms with Gasteiger partial charge in [0.05, 0.1) is 11.7 Å². The summed E-state index contributed by atoms with van der Waals surface area (Å²) in [5, 5.41) is 0. The van der Waals surface area contributed by atoms with Crippen molar-refractivity contribution >= 4 is 5.91 Å². The topological polar surface area (TPSA) is 29.5 Å². The highest BCUT2D eigenvalue weighted by molar-refractivity contribution is 5.96. The van der Waals surface area contributed by atoms with Gasteiger partial charge in [0.25, 0.3) is 5.91 Å². The molecule has 0 atom stereocenters. The van der Waals surface area contributed by atoms with Gasteiger partial charge in [-0.05, 0) is 36.0 Å². The van der Waals surface area contributed by atoms with Crippen molar-refractivity contribution in [2.75, 3.05) is 14.1 Å². The molecule has 0 saturated heterocycles. The summed E-state index contributed by atoms with van der Waals surface area (Å²) in [5.41, 5.74) is 1.91. The van der Waals surface area contributed by atoms with E-state index < -0.39 is 0 Å². The number of amides is 1. The summed E-state index contributed by atoms with van der Waals surface area (Å²) in [6.07, 6.45) is 2.48.